The molecular weight excluding hydrogens is 126 g/mol. The Morgan fingerprint density at radius 1 is 1.70 bits per heavy atom. The third-order valence-electron chi connectivity index (χ3n) is 1.23. The van der Waals surface area contributed by atoms with Crippen molar-refractivity contribution in [1.82, 2.24) is 4.90 Å². The minimum atomic E-state index is 0.0161. The Hall–Kier alpha value is -1.05. The molecule has 0 spiro atoms. The maximum atomic E-state index is 10.9. The number of carbonyl (C=O) groups is 1. The van der Waals surface area contributed by atoms with Gasteiger partial charge in [0.25, 0.3) is 0 Å². The number of rotatable bonds is 3. The lowest BCUT2D eigenvalue weighted by atomic mass is 10.4. The average molecular weight is 139 g/mol. The molecule has 0 saturated carbocycles. The summed E-state index contributed by atoms with van der Waals surface area (Å²) in [5.74, 6) is 0.0161. The van der Waals surface area contributed by atoms with E-state index in [0.717, 1.165) is 6.54 Å². The fourth-order valence-corrected chi connectivity index (χ4v) is 0.433. The SMILES string of the molecule is C=C/C=C\C(=O)N(C)CC. The van der Waals surface area contributed by atoms with E-state index in [4.69, 9.17) is 0 Å². The molecule has 0 saturated heterocycles. The Balaban J connectivity index is 3.83. The van der Waals surface area contributed by atoms with E-state index in [-0.39, 0.29) is 5.91 Å². The molecule has 56 valence electrons. The van der Waals surface area contributed by atoms with Crippen LogP contribution in [-0.4, -0.2) is 24.4 Å². The molecule has 0 aliphatic carbocycles. The highest BCUT2D eigenvalue weighted by molar-refractivity contribution is 5.87. The molecular formula is C8H13NO. The predicted octanol–water partition coefficient (Wildman–Crippen LogP) is 1.21. The fraction of sp³-hybridized carbons (Fsp3) is 0.375. The van der Waals surface area contributed by atoms with Gasteiger partial charge < -0.3 is 4.90 Å². The van der Waals surface area contributed by atoms with Gasteiger partial charge >= 0.3 is 0 Å². The van der Waals surface area contributed by atoms with Crippen LogP contribution in [-0.2, 0) is 4.79 Å². The van der Waals surface area contributed by atoms with E-state index in [9.17, 15) is 4.79 Å². The number of hydrogen-bond acceptors (Lipinski definition) is 1. The molecule has 0 atom stereocenters. The quantitative estimate of drug-likeness (QED) is 0.425. The number of hydrogen-bond donors (Lipinski definition) is 0. The van der Waals surface area contributed by atoms with E-state index in [0.29, 0.717) is 0 Å². The number of allylic oxidation sites excluding steroid dienone is 2. The highest BCUT2D eigenvalue weighted by Crippen LogP contribution is 1.85. The van der Waals surface area contributed by atoms with Crippen LogP contribution in [0.2, 0.25) is 0 Å². The highest BCUT2D eigenvalue weighted by Gasteiger charge is 1.98. The second-order valence-electron chi connectivity index (χ2n) is 1.95. The molecule has 0 aromatic carbocycles. The minimum Gasteiger partial charge on any atom is -0.343 e. The first-order valence-electron chi connectivity index (χ1n) is 3.26. The minimum absolute atomic E-state index is 0.0161. The second-order valence-corrected chi connectivity index (χ2v) is 1.95. The zero-order chi connectivity index (χ0) is 7.98. The zero-order valence-electron chi connectivity index (χ0n) is 6.50. The van der Waals surface area contributed by atoms with Crippen molar-refractivity contribution < 1.29 is 4.79 Å². The Kier molecular flexibility index (Phi) is 4.29. The van der Waals surface area contributed by atoms with E-state index in [1.54, 1.807) is 24.1 Å². The lowest BCUT2D eigenvalue weighted by Crippen LogP contribution is -2.23. The summed E-state index contributed by atoms with van der Waals surface area (Å²) >= 11 is 0. The zero-order valence-corrected chi connectivity index (χ0v) is 6.50. The average Bonchev–Trinajstić information content (AvgIpc) is 1.98. The normalized spacial score (nSPS) is 9.80. The van der Waals surface area contributed by atoms with Crippen LogP contribution >= 0.6 is 0 Å². The third-order valence-corrected chi connectivity index (χ3v) is 1.23. The molecule has 0 unspecified atom stereocenters. The van der Waals surface area contributed by atoms with E-state index in [2.05, 4.69) is 6.58 Å². The lowest BCUT2D eigenvalue weighted by molar-refractivity contribution is -0.124. The summed E-state index contributed by atoms with van der Waals surface area (Å²) in [5.41, 5.74) is 0. The third kappa shape index (κ3) is 3.07. The molecule has 10 heavy (non-hydrogen) atoms. The summed E-state index contributed by atoms with van der Waals surface area (Å²) < 4.78 is 0. The summed E-state index contributed by atoms with van der Waals surface area (Å²) in [6, 6.07) is 0. The van der Waals surface area contributed by atoms with Crippen LogP contribution < -0.4 is 0 Å². The van der Waals surface area contributed by atoms with Gasteiger partial charge in [0.05, 0.1) is 0 Å². The smallest absolute Gasteiger partial charge is 0.246 e. The van der Waals surface area contributed by atoms with Gasteiger partial charge in [-0.2, -0.15) is 0 Å². The molecule has 0 rings (SSSR count). The van der Waals surface area contributed by atoms with Gasteiger partial charge in [0.15, 0.2) is 0 Å². The van der Waals surface area contributed by atoms with Crippen LogP contribution in [0.3, 0.4) is 0 Å². The van der Waals surface area contributed by atoms with Gasteiger partial charge in [-0.15, -0.1) is 0 Å². The fourth-order valence-electron chi connectivity index (χ4n) is 0.433. The van der Waals surface area contributed by atoms with Gasteiger partial charge in [0.1, 0.15) is 0 Å². The maximum Gasteiger partial charge on any atom is 0.246 e. The second kappa shape index (κ2) is 4.79. The summed E-state index contributed by atoms with van der Waals surface area (Å²) in [6.07, 6.45) is 4.71. The summed E-state index contributed by atoms with van der Waals surface area (Å²) in [7, 11) is 1.76. The molecule has 2 heteroatoms. The Labute approximate surface area is 61.8 Å². The topological polar surface area (TPSA) is 20.3 Å². The molecule has 2 nitrogen and oxygen atoms in total. The number of nitrogens with zero attached hydrogens (tertiary/aromatic N) is 1. The van der Waals surface area contributed by atoms with Gasteiger partial charge in [-0.25, -0.2) is 0 Å². The van der Waals surface area contributed by atoms with Crippen molar-refractivity contribution in [2.45, 2.75) is 6.92 Å². The molecule has 0 N–H and O–H groups in total. The summed E-state index contributed by atoms with van der Waals surface area (Å²) in [4.78, 5) is 12.5. The van der Waals surface area contributed by atoms with E-state index >= 15 is 0 Å². The highest BCUT2D eigenvalue weighted by atomic mass is 16.2. The van der Waals surface area contributed by atoms with Gasteiger partial charge in [0.2, 0.25) is 5.91 Å². The number of amides is 1. The standard InChI is InChI=1S/C8H13NO/c1-4-6-7-8(10)9(3)5-2/h4,6-7H,1,5H2,2-3H3/b7-6-. The molecule has 0 heterocycles. The Bertz CT molecular complexity index is 149. The van der Waals surface area contributed by atoms with Crippen LogP contribution in [0, 0.1) is 0 Å². The van der Waals surface area contributed by atoms with Crippen molar-refractivity contribution in [2.24, 2.45) is 0 Å². The molecule has 0 aliphatic heterocycles. The van der Waals surface area contributed by atoms with Crippen molar-refractivity contribution in [2.75, 3.05) is 13.6 Å². The van der Waals surface area contributed by atoms with Gasteiger partial charge in [0, 0.05) is 19.7 Å². The molecule has 0 aliphatic rings. The van der Waals surface area contributed by atoms with E-state index < -0.39 is 0 Å². The van der Waals surface area contributed by atoms with Crippen LogP contribution in [0.15, 0.2) is 24.8 Å². The number of likely N-dealkylation sites (N-methyl/N-ethyl adjacent to an activating group) is 1. The van der Waals surface area contributed by atoms with Gasteiger partial charge in [-0.1, -0.05) is 18.7 Å². The van der Waals surface area contributed by atoms with Gasteiger partial charge in [-0.05, 0) is 6.92 Å². The monoisotopic (exact) mass is 139 g/mol. The van der Waals surface area contributed by atoms with Crippen LogP contribution in [0.4, 0.5) is 0 Å². The van der Waals surface area contributed by atoms with Crippen LogP contribution in [0.1, 0.15) is 6.92 Å². The Morgan fingerprint density at radius 3 is 2.70 bits per heavy atom. The van der Waals surface area contributed by atoms with Crippen molar-refractivity contribution >= 4 is 5.91 Å². The molecule has 1 amide bonds. The first kappa shape index (κ1) is 8.95. The Morgan fingerprint density at radius 2 is 2.30 bits per heavy atom. The number of carbonyl (C=O) groups excluding carboxylic acids is 1. The molecule has 0 fully saturated rings. The van der Waals surface area contributed by atoms with E-state index in [1.807, 2.05) is 6.92 Å². The first-order valence-corrected chi connectivity index (χ1v) is 3.26. The van der Waals surface area contributed by atoms with Crippen LogP contribution in [0.25, 0.3) is 0 Å². The largest absolute Gasteiger partial charge is 0.343 e. The van der Waals surface area contributed by atoms with Crippen LogP contribution in [0.5, 0.6) is 0 Å². The molecule has 0 aromatic rings. The van der Waals surface area contributed by atoms with E-state index in [1.165, 1.54) is 6.08 Å². The molecule has 0 bridgehead atoms. The lowest BCUT2D eigenvalue weighted by Gasteiger charge is -2.10. The van der Waals surface area contributed by atoms with Crippen molar-refractivity contribution in [3.8, 4) is 0 Å². The van der Waals surface area contributed by atoms with Crippen molar-refractivity contribution in [3.63, 3.8) is 0 Å². The van der Waals surface area contributed by atoms with Gasteiger partial charge in [-0.3, -0.25) is 4.79 Å². The van der Waals surface area contributed by atoms with Crippen molar-refractivity contribution in [1.29, 1.82) is 0 Å². The summed E-state index contributed by atoms with van der Waals surface area (Å²) in [6.45, 7) is 6.13. The maximum absolute atomic E-state index is 10.9. The predicted molar refractivity (Wildman–Crippen MR) is 42.6 cm³/mol. The molecule has 0 radical (unpaired) electrons. The molecule has 0 aromatic heterocycles. The van der Waals surface area contributed by atoms with Crippen molar-refractivity contribution in [3.05, 3.63) is 24.8 Å². The summed E-state index contributed by atoms with van der Waals surface area (Å²) in [5, 5.41) is 0. The first-order chi connectivity index (χ1) is 4.72.